The van der Waals surface area contributed by atoms with Crippen LogP contribution < -0.4 is 4.90 Å². The summed E-state index contributed by atoms with van der Waals surface area (Å²) in [4.78, 5) is 6.21. The van der Waals surface area contributed by atoms with E-state index in [1.807, 2.05) is 29.5 Å². The number of hydrogen-bond acceptors (Lipinski definition) is 2. The highest BCUT2D eigenvalue weighted by molar-refractivity contribution is 7.25. The van der Waals surface area contributed by atoms with E-state index in [2.05, 4.69) is 212 Å². The summed E-state index contributed by atoms with van der Waals surface area (Å²) in [5.74, 6) is 0. The Morgan fingerprint density at radius 3 is 1.85 bits per heavy atom. The van der Waals surface area contributed by atoms with E-state index in [0.29, 0.717) is 5.69 Å². The maximum Gasteiger partial charge on any atom is 0.189 e. The molecule has 1 aromatic heterocycles. The number of benzene rings is 9. The van der Waals surface area contributed by atoms with Gasteiger partial charge in [0, 0.05) is 42.5 Å². The number of thiophene rings is 1. The molecule has 0 atom stereocenters. The molecule has 3 heteroatoms. The van der Waals surface area contributed by atoms with Gasteiger partial charge in [0.25, 0.3) is 0 Å². The van der Waals surface area contributed by atoms with E-state index in [0.717, 1.165) is 33.8 Å². The summed E-state index contributed by atoms with van der Waals surface area (Å²) in [6, 6.07) is 74.4. The summed E-state index contributed by atoms with van der Waals surface area (Å²) in [5, 5.41) is 2.59. The number of hydrogen-bond donors (Lipinski definition) is 0. The summed E-state index contributed by atoms with van der Waals surface area (Å²) in [5.41, 5.74) is 18.0. The zero-order chi connectivity index (χ0) is 41.1. The van der Waals surface area contributed by atoms with E-state index in [1.165, 1.54) is 70.2 Å². The number of anilines is 3. The lowest BCUT2D eigenvalue weighted by molar-refractivity contribution is 0.662. The van der Waals surface area contributed by atoms with Gasteiger partial charge in [-0.05, 0) is 110 Å². The molecule has 0 aliphatic heterocycles. The highest BCUT2D eigenvalue weighted by atomic mass is 32.1. The topological polar surface area (TPSA) is 7.60 Å². The Balaban J connectivity index is 1.12. The molecule has 1 aliphatic carbocycles. The van der Waals surface area contributed by atoms with Crippen LogP contribution in [-0.2, 0) is 5.41 Å². The van der Waals surface area contributed by atoms with Crippen LogP contribution in [0.4, 0.5) is 22.7 Å². The molecule has 11 rings (SSSR count). The van der Waals surface area contributed by atoms with Gasteiger partial charge in [-0.2, -0.15) is 0 Å². The van der Waals surface area contributed by atoms with E-state index < -0.39 is 0 Å². The molecule has 0 saturated carbocycles. The molecule has 288 valence electrons. The lowest BCUT2D eigenvalue weighted by Crippen LogP contribution is -2.16. The molecule has 0 amide bonds. The molecule has 0 radical (unpaired) electrons. The molecule has 1 heterocycles. The second-order valence-corrected chi connectivity index (χ2v) is 17.4. The summed E-state index contributed by atoms with van der Waals surface area (Å²) in [6.07, 6.45) is 0. The van der Waals surface area contributed by atoms with Crippen molar-refractivity contribution in [3.63, 3.8) is 0 Å². The van der Waals surface area contributed by atoms with Gasteiger partial charge < -0.3 is 4.90 Å². The zero-order valence-corrected chi connectivity index (χ0v) is 34.7. The predicted molar refractivity (Wildman–Crippen MR) is 260 cm³/mol. The standard InChI is InChI=1S/C58H40N2S/c1-58(2)52-23-9-7-18-46(52)49-21-12-22-50(57(49)58)48-20-13-24-53(56(48)41-28-26-39(27-29-41)38-14-5-4-6-15-38)60(45-17-11-16-43(37-45)59-3)44-33-30-40(31-34-44)42-32-35-55-51(36-42)47-19-8-10-25-54(47)61-55/h4-37H,1-2H3. The Morgan fingerprint density at radius 1 is 0.443 bits per heavy atom. The van der Waals surface area contributed by atoms with Crippen LogP contribution in [0.2, 0.25) is 0 Å². The largest absolute Gasteiger partial charge is 0.311 e. The first-order chi connectivity index (χ1) is 30.0. The van der Waals surface area contributed by atoms with Gasteiger partial charge in [-0.1, -0.05) is 172 Å². The average molecular weight is 797 g/mol. The Kier molecular flexibility index (Phi) is 8.78. The molecule has 0 N–H and O–H groups in total. The molecule has 0 fully saturated rings. The second kappa shape index (κ2) is 14.6. The van der Waals surface area contributed by atoms with Crippen LogP contribution in [0.3, 0.4) is 0 Å². The fraction of sp³-hybridized carbons (Fsp3) is 0.0517. The molecule has 1 aliphatic rings. The third kappa shape index (κ3) is 6.15. The van der Waals surface area contributed by atoms with Crippen molar-refractivity contribution in [3.05, 3.63) is 229 Å². The van der Waals surface area contributed by atoms with Crippen molar-refractivity contribution in [3.8, 4) is 55.6 Å². The van der Waals surface area contributed by atoms with Crippen molar-refractivity contribution in [2.24, 2.45) is 0 Å². The summed E-state index contributed by atoms with van der Waals surface area (Å²) >= 11 is 1.84. The van der Waals surface area contributed by atoms with Gasteiger partial charge in [-0.15, -0.1) is 11.3 Å². The Hall–Kier alpha value is -7.51. The van der Waals surface area contributed by atoms with Crippen molar-refractivity contribution in [2.45, 2.75) is 19.3 Å². The van der Waals surface area contributed by atoms with Crippen LogP contribution in [-0.4, -0.2) is 0 Å². The van der Waals surface area contributed by atoms with Gasteiger partial charge in [-0.3, -0.25) is 0 Å². The first-order valence-electron chi connectivity index (χ1n) is 20.8. The number of nitrogens with zero attached hydrogens (tertiary/aromatic N) is 2. The maximum atomic E-state index is 7.99. The third-order valence-corrected chi connectivity index (χ3v) is 13.6. The zero-order valence-electron chi connectivity index (χ0n) is 33.9. The molecule has 0 bridgehead atoms. The third-order valence-electron chi connectivity index (χ3n) is 12.5. The van der Waals surface area contributed by atoms with Gasteiger partial charge in [0.05, 0.1) is 12.3 Å². The first kappa shape index (κ1) is 36.6. The van der Waals surface area contributed by atoms with Crippen molar-refractivity contribution in [1.82, 2.24) is 0 Å². The summed E-state index contributed by atoms with van der Waals surface area (Å²) in [6.45, 7) is 12.7. The van der Waals surface area contributed by atoms with Gasteiger partial charge in [0.1, 0.15) is 0 Å². The van der Waals surface area contributed by atoms with Gasteiger partial charge in [0.15, 0.2) is 5.69 Å². The van der Waals surface area contributed by atoms with Gasteiger partial charge in [0.2, 0.25) is 0 Å². The van der Waals surface area contributed by atoms with Gasteiger partial charge in [-0.25, -0.2) is 4.85 Å². The van der Waals surface area contributed by atoms with Crippen LogP contribution >= 0.6 is 11.3 Å². The molecule has 9 aromatic carbocycles. The van der Waals surface area contributed by atoms with Crippen molar-refractivity contribution < 1.29 is 0 Å². The Bertz CT molecular complexity index is 3330. The molecule has 0 spiro atoms. The minimum atomic E-state index is -0.204. The van der Waals surface area contributed by atoms with Crippen LogP contribution in [0.15, 0.2) is 206 Å². The highest BCUT2D eigenvalue weighted by Gasteiger charge is 2.38. The van der Waals surface area contributed by atoms with Crippen molar-refractivity contribution in [2.75, 3.05) is 4.90 Å². The van der Waals surface area contributed by atoms with E-state index in [-0.39, 0.29) is 5.41 Å². The van der Waals surface area contributed by atoms with E-state index in [9.17, 15) is 0 Å². The number of rotatable bonds is 7. The average Bonchev–Trinajstić information content (AvgIpc) is 3.81. The van der Waals surface area contributed by atoms with Crippen molar-refractivity contribution >= 4 is 54.3 Å². The van der Waals surface area contributed by atoms with Crippen molar-refractivity contribution in [1.29, 1.82) is 0 Å². The predicted octanol–water partition coefficient (Wildman–Crippen LogP) is 17.0. The maximum absolute atomic E-state index is 7.99. The molecule has 0 saturated heterocycles. The molecule has 2 nitrogen and oxygen atoms in total. The molecule has 10 aromatic rings. The van der Waals surface area contributed by atoms with Gasteiger partial charge >= 0.3 is 0 Å². The highest BCUT2D eigenvalue weighted by Crippen LogP contribution is 2.55. The lowest BCUT2D eigenvalue weighted by atomic mass is 9.77. The molecule has 61 heavy (non-hydrogen) atoms. The second-order valence-electron chi connectivity index (χ2n) is 16.4. The molecular formula is C58H40N2S. The fourth-order valence-electron chi connectivity index (χ4n) is 9.62. The smallest absolute Gasteiger partial charge is 0.189 e. The van der Waals surface area contributed by atoms with E-state index >= 15 is 0 Å². The number of fused-ring (bicyclic) bond motifs is 6. The van der Waals surface area contributed by atoms with E-state index in [1.54, 1.807) is 0 Å². The molecular weight excluding hydrogens is 757 g/mol. The summed E-state index contributed by atoms with van der Waals surface area (Å²) < 4.78 is 2.61. The van der Waals surface area contributed by atoms with Crippen LogP contribution in [0.5, 0.6) is 0 Å². The lowest BCUT2D eigenvalue weighted by Gasteiger charge is -2.31. The molecule has 0 unspecified atom stereocenters. The Morgan fingerprint density at radius 2 is 1.03 bits per heavy atom. The SMILES string of the molecule is [C-]#[N+]c1cccc(N(c2ccc(-c3ccc4sc5ccccc5c4c3)cc2)c2cccc(-c3cccc4c3C(C)(C)c3ccccc3-4)c2-c2ccc(-c3ccccc3)cc2)c1. The minimum absolute atomic E-state index is 0.204. The van der Waals surface area contributed by atoms with E-state index in [4.69, 9.17) is 6.57 Å². The quantitative estimate of drug-likeness (QED) is 0.146. The van der Waals surface area contributed by atoms with Crippen LogP contribution in [0, 0.1) is 6.57 Å². The first-order valence-corrected chi connectivity index (χ1v) is 21.6. The fourth-order valence-corrected chi connectivity index (χ4v) is 10.7. The monoisotopic (exact) mass is 796 g/mol. The minimum Gasteiger partial charge on any atom is -0.311 e. The van der Waals surface area contributed by atoms with Crippen LogP contribution in [0.1, 0.15) is 25.0 Å². The van der Waals surface area contributed by atoms with Crippen LogP contribution in [0.25, 0.3) is 80.7 Å². The summed E-state index contributed by atoms with van der Waals surface area (Å²) in [7, 11) is 0. The normalized spacial score (nSPS) is 12.5. The Labute approximate surface area is 361 Å².